The van der Waals surface area contributed by atoms with Crippen molar-refractivity contribution in [2.24, 2.45) is 0 Å². The number of hydrogen-bond donors (Lipinski definition) is 2. The normalized spacial score (nSPS) is 25.9. The van der Waals surface area contributed by atoms with E-state index in [9.17, 15) is 24.0 Å². The molecule has 0 spiro atoms. The molecule has 0 unspecified atom stereocenters. The van der Waals surface area contributed by atoms with E-state index >= 15 is 0 Å². The van der Waals surface area contributed by atoms with Crippen LogP contribution < -0.4 is 10.6 Å². The lowest BCUT2D eigenvalue weighted by Gasteiger charge is -2.41. The minimum absolute atomic E-state index is 0.276. The Hall–Kier alpha value is -2.65. The van der Waals surface area contributed by atoms with E-state index in [1.54, 1.807) is 0 Å². The van der Waals surface area contributed by atoms with Crippen LogP contribution in [0.2, 0.25) is 0 Å². The summed E-state index contributed by atoms with van der Waals surface area (Å²) in [6, 6.07) is -2.03. The van der Waals surface area contributed by atoms with Gasteiger partial charge in [-0.3, -0.25) is 24.0 Å². The summed E-state index contributed by atoms with van der Waals surface area (Å²) in [5.74, 6) is -3.24. The molecule has 10 heteroatoms. The first-order valence-corrected chi connectivity index (χ1v) is 7.17. The molecule has 1 rings (SSSR count). The molecule has 24 heavy (non-hydrogen) atoms. The third kappa shape index (κ3) is 5.52. The van der Waals surface area contributed by atoms with Crippen LogP contribution in [0.25, 0.3) is 0 Å². The van der Waals surface area contributed by atoms with Gasteiger partial charge in [0.2, 0.25) is 12.0 Å². The van der Waals surface area contributed by atoms with Crippen molar-refractivity contribution >= 4 is 29.7 Å². The van der Waals surface area contributed by atoms with Crippen LogP contribution in [0.4, 0.5) is 0 Å². The molecule has 1 fully saturated rings. The van der Waals surface area contributed by atoms with E-state index in [1.165, 1.54) is 13.8 Å². The van der Waals surface area contributed by atoms with Crippen molar-refractivity contribution in [3.05, 3.63) is 0 Å². The highest BCUT2D eigenvalue weighted by atomic mass is 16.6. The number of ether oxygens (including phenoxy) is 3. The van der Waals surface area contributed by atoms with Crippen LogP contribution in [0.15, 0.2) is 0 Å². The predicted octanol–water partition coefficient (Wildman–Crippen LogP) is -1.58. The molecule has 0 bridgehead atoms. The second kappa shape index (κ2) is 8.27. The van der Waals surface area contributed by atoms with Crippen LogP contribution >= 0.6 is 0 Å². The first kappa shape index (κ1) is 19.4. The van der Waals surface area contributed by atoms with Crippen molar-refractivity contribution in [2.75, 3.05) is 6.61 Å². The van der Waals surface area contributed by atoms with E-state index < -0.39 is 54.0 Å². The summed E-state index contributed by atoms with van der Waals surface area (Å²) in [6.45, 7) is 4.35. The highest BCUT2D eigenvalue weighted by Gasteiger charge is 2.48. The Bertz CT molecular complexity index is 547. The molecule has 0 aromatic carbocycles. The van der Waals surface area contributed by atoms with Crippen LogP contribution in [0.5, 0.6) is 0 Å². The van der Waals surface area contributed by atoms with Gasteiger partial charge < -0.3 is 24.8 Å². The Morgan fingerprint density at radius 3 is 2.04 bits per heavy atom. The average molecular weight is 344 g/mol. The SMILES string of the molecule is CC(=O)N[C@H]1[C@H](OC(C)=O)[C@@H](COC(C)=O)NC(=O)[C@@H]1OC(C)=O. The third-order valence-corrected chi connectivity index (χ3v) is 3.09. The van der Waals surface area contributed by atoms with Gasteiger partial charge in [0.15, 0.2) is 0 Å². The lowest BCUT2D eigenvalue weighted by atomic mass is 9.92. The zero-order chi connectivity index (χ0) is 18.4. The lowest BCUT2D eigenvalue weighted by Crippen LogP contribution is -2.70. The van der Waals surface area contributed by atoms with Gasteiger partial charge in [0, 0.05) is 27.7 Å². The fourth-order valence-electron chi connectivity index (χ4n) is 2.32. The van der Waals surface area contributed by atoms with Crippen molar-refractivity contribution < 1.29 is 38.2 Å². The lowest BCUT2D eigenvalue weighted by molar-refractivity contribution is -0.173. The number of carbonyl (C=O) groups excluding carboxylic acids is 5. The van der Waals surface area contributed by atoms with Gasteiger partial charge in [-0.05, 0) is 0 Å². The van der Waals surface area contributed by atoms with Crippen LogP contribution in [-0.4, -0.2) is 60.6 Å². The Balaban J connectivity index is 3.13. The molecular formula is C14H20N2O8. The maximum Gasteiger partial charge on any atom is 0.303 e. The molecule has 0 aromatic rings. The van der Waals surface area contributed by atoms with E-state index in [0.29, 0.717) is 0 Å². The maximum atomic E-state index is 12.2. The Labute approximate surface area is 138 Å². The van der Waals surface area contributed by atoms with Gasteiger partial charge in [-0.1, -0.05) is 0 Å². The van der Waals surface area contributed by atoms with E-state index in [2.05, 4.69) is 10.6 Å². The third-order valence-electron chi connectivity index (χ3n) is 3.09. The minimum Gasteiger partial charge on any atom is -0.464 e. The monoisotopic (exact) mass is 344 g/mol. The first-order valence-electron chi connectivity index (χ1n) is 7.17. The second-order valence-electron chi connectivity index (χ2n) is 5.25. The van der Waals surface area contributed by atoms with Gasteiger partial charge in [0.25, 0.3) is 5.91 Å². The number of rotatable bonds is 5. The number of piperidine rings is 1. The number of carbonyl (C=O) groups is 5. The molecule has 4 atom stereocenters. The molecule has 0 saturated carbocycles. The van der Waals surface area contributed by atoms with Crippen molar-refractivity contribution in [3.63, 3.8) is 0 Å². The molecule has 1 heterocycles. The summed E-state index contributed by atoms with van der Waals surface area (Å²) in [6.07, 6.45) is -2.47. The number of esters is 3. The molecule has 1 aliphatic heterocycles. The molecule has 0 aliphatic carbocycles. The molecular weight excluding hydrogens is 324 g/mol. The highest BCUT2D eigenvalue weighted by molar-refractivity contribution is 5.87. The van der Waals surface area contributed by atoms with Gasteiger partial charge in [0.05, 0.1) is 0 Å². The smallest absolute Gasteiger partial charge is 0.303 e. The predicted molar refractivity (Wildman–Crippen MR) is 77.3 cm³/mol. The molecule has 2 amide bonds. The van der Waals surface area contributed by atoms with Gasteiger partial charge in [0.1, 0.15) is 24.8 Å². The molecule has 0 aromatic heterocycles. The minimum atomic E-state index is -1.38. The standard InChI is InChI=1S/C14H20N2O8/c1-6(17)15-11-12(23-8(3)19)10(5-22-7(2)18)16-14(21)13(11)24-9(4)20/h10-13H,5H2,1-4H3,(H,15,17)(H,16,21)/t10-,11+,12-,13-/m1/s1. The van der Waals surface area contributed by atoms with Gasteiger partial charge in [-0.25, -0.2) is 0 Å². The van der Waals surface area contributed by atoms with Crippen LogP contribution in [0.1, 0.15) is 27.7 Å². The largest absolute Gasteiger partial charge is 0.464 e. The van der Waals surface area contributed by atoms with Crippen LogP contribution in [0, 0.1) is 0 Å². The van der Waals surface area contributed by atoms with Crippen molar-refractivity contribution in [2.45, 2.75) is 52.0 Å². The van der Waals surface area contributed by atoms with E-state index in [4.69, 9.17) is 14.2 Å². The fourth-order valence-corrected chi connectivity index (χ4v) is 2.32. The zero-order valence-corrected chi connectivity index (χ0v) is 13.8. The molecule has 1 aliphatic rings. The molecule has 134 valence electrons. The maximum absolute atomic E-state index is 12.2. The highest BCUT2D eigenvalue weighted by Crippen LogP contribution is 2.19. The van der Waals surface area contributed by atoms with E-state index in [-0.39, 0.29) is 6.61 Å². The molecule has 10 nitrogen and oxygen atoms in total. The van der Waals surface area contributed by atoms with E-state index in [0.717, 1.165) is 13.8 Å². The molecule has 0 radical (unpaired) electrons. The molecule has 2 N–H and O–H groups in total. The number of amides is 2. The topological polar surface area (TPSA) is 137 Å². The van der Waals surface area contributed by atoms with Crippen molar-refractivity contribution in [1.29, 1.82) is 0 Å². The number of nitrogens with one attached hydrogen (secondary N) is 2. The summed E-state index contributed by atoms with van der Waals surface area (Å²) in [7, 11) is 0. The van der Waals surface area contributed by atoms with Crippen molar-refractivity contribution in [1.82, 2.24) is 10.6 Å². The average Bonchev–Trinajstić information content (AvgIpc) is 2.42. The van der Waals surface area contributed by atoms with Crippen LogP contribution in [0.3, 0.4) is 0 Å². The van der Waals surface area contributed by atoms with Gasteiger partial charge >= 0.3 is 17.9 Å². The zero-order valence-electron chi connectivity index (χ0n) is 13.8. The van der Waals surface area contributed by atoms with Crippen molar-refractivity contribution in [3.8, 4) is 0 Å². The molecule has 1 saturated heterocycles. The Morgan fingerprint density at radius 2 is 1.58 bits per heavy atom. The number of hydrogen-bond acceptors (Lipinski definition) is 8. The van der Waals surface area contributed by atoms with Gasteiger partial charge in [-0.15, -0.1) is 0 Å². The summed E-state index contributed by atoms with van der Waals surface area (Å²) < 4.78 is 14.9. The van der Waals surface area contributed by atoms with Gasteiger partial charge in [-0.2, -0.15) is 0 Å². The summed E-state index contributed by atoms with van der Waals surface area (Å²) in [5.41, 5.74) is 0. The van der Waals surface area contributed by atoms with Crippen LogP contribution in [-0.2, 0) is 38.2 Å². The van der Waals surface area contributed by atoms with E-state index in [1.807, 2.05) is 0 Å². The summed E-state index contributed by atoms with van der Waals surface area (Å²) in [5, 5.41) is 4.91. The fraction of sp³-hybridized carbons (Fsp3) is 0.643. The second-order valence-corrected chi connectivity index (χ2v) is 5.25. The summed E-state index contributed by atoms with van der Waals surface area (Å²) >= 11 is 0. The quantitative estimate of drug-likeness (QED) is 0.450. The summed E-state index contributed by atoms with van der Waals surface area (Å²) in [4.78, 5) is 57.2. The Morgan fingerprint density at radius 1 is 1.00 bits per heavy atom. The first-order chi connectivity index (χ1) is 11.1. The Kier molecular flexibility index (Phi) is 6.69.